The van der Waals surface area contributed by atoms with E-state index in [9.17, 15) is 0 Å². The molecular weight excluding hydrogens is 186 g/mol. The molecule has 0 bridgehead atoms. The van der Waals surface area contributed by atoms with Gasteiger partial charge in [0.25, 0.3) is 0 Å². The van der Waals surface area contributed by atoms with Gasteiger partial charge in [-0.25, -0.2) is 0 Å². The molecular formula is C9H6ClN3. The number of pyridine rings is 1. The summed E-state index contributed by atoms with van der Waals surface area (Å²) >= 11 is 5.78. The van der Waals surface area contributed by atoms with E-state index in [0.717, 1.165) is 11.3 Å². The third-order valence-corrected chi connectivity index (χ3v) is 1.78. The van der Waals surface area contributed by atoms with Gasteiger partial charge in [-0.1, -0.05) is 11.6 Å². The molecule has 0 N–H and O–H groups in total. The van der Waals surface area contributed by atoms with Gasteiger partial charge in [-0.3, -0.25) is 4.98 Å². The van der Waals surface area contributed by atoms with Gasteiger partial charge >= 0.3 is 0 Å². The van der Waals surface area contributed by atoms with Crippen molar-refractivity contribution in [1.29, 1.82) is 0 Å². The number of aromatic nitrogens is 3. The molecule has 0 aromatic carbocycles. The summed E-state index contributed by atoms with van der Waals surface area (Å²) in [6, 6.07) is 5.49. The first kappa shape index (κ1) is 8.13. The van der Waals surface area contributed by atoms with Crippen LogP contribution < -0.4 is 0 Å². The average Bonchev–Trinajstić information content (AvgIpc) is 2.19. The van der Waals surface area contributed by atoms with Crippen molar-refractivity contribution in [2.45, 2.75) is 0 Å². The summed E-state index contributed by atoms with van der Waals surface area (Å²) in [5.41, 5.74) is 1.65. The molecule has 2 rings (SSSR count). The summed E-state index contributed by atoms with van der Waals surface area (Å²) < 4.78 is 0. The number of rotatable bonds is 1. The predicted octanol–water partition coefficient (Wildman–Crippen LogP) is 2.19. The van der Waals surface area contributed by atoms with E-state index in [1.807, 2.05) is 12.1 Å². The zero-order valence-electron chi connectivity index (χ0n) is 6.68. The lowest BCUT2D eigenvalue weighted by molar-refractivity contribution is 1.04. The van der Waals surface area contributed by atoms with Gasteiger partial charge in [0.05, 0.1) is 10.7 Å². The average molecular weight is 192 g/mol. The highest BCUT2D eigenvalue weighted by Gasteiger charge is 1.99. The second kappa shape index (κ2) is 3.49. The Labute approximate surface area is 80.4 Å². The lowest BCUT2D eigenvalue weighted by atomic mass is 10.2. The smallest absolute Gasteiger partial charge is 0.0945 e. The molecule has 0 aliphatic heterocycles. The Morgan fingerprint density at radius 1 is 1.23 bits per heavy atom. The third-order valence-electron chi connectivity index (χ3n) is 1.57. The quantitative estimate of drug-likeness (QED) is 0.694. The molecule has 0 atom stereocenters. The maximum absolute atomic E-state index is 5.78. The number of hydrogen-bond donors (Lipinski definition) is 0. The molecule has 0 unspecified atom stereocenters. The summed E-state index contributed by atoms with van der Waals surface area (Å²) in [6.45, 7) is 0. The highest BCUT2D eigenvalue weighted by atomic mass is 35.5. The van der Waals surface area contributed by atoms with Gasteiger partial charge in [-0.05, 0) is 18.2 Å². The van der Waals surface area contributed by atoms with Crippen LogP contribution in [0.4, 0.5) is 0 Å². The number of halogens is 1. The second-order valence-corrected chi connectivity index (χ2v) is 2.94. The van der Waals surface area contributed by atoms with Crippen LogP contribution in [0.5, 0.6) is 0 Å². The first-order valence-corrected chi connectivity index (χ1v) is 4.13. The molecule has 2 aromatic heterocycles. The molecule has 0 radical (unpaired) electrons. The standard InChI is InChI=1S/C9H6ClN3/c10-8-4-7(5-11-6-8)9-2-1-3-12-13-9/h1-6H. The molecule has 3 nitrogen and oxygen atoms in total. The van der Waals surface area contributed by atoms with Gasteiger partial charge in [0.2, 0.25) is 0 Å². The van der Waals surface area contributed by atoms with Crippen molar-refractivity contribution in [2.75, 3.05) is 0 Å². The molecule has 0 saturated carbocycles. The first-order chi connectivity index (χ1) is 6.36. The van der Waals surface area contributed by atoms with Gasteiger partial charge in [0, 0.05) is 24.2 Å². The van der Waals surface area contributed by atoms with Gasteiger partial charge in [-0.2, -0.15) is 10.2 Å². The van der Waals surface area contributed by atoms with Crippen molar-refractivity contribution in [3.05, 3.63) is 41.8 Å². The van der Waals surface area contributed by atoms with Crippen molar-refractivity contribution < 1.29 is 0 Å². The SMILES string of the molecule is Clc1cncc(-c2cccnn2)c1. The molecule has 0 saturated heterocycles. The summed E-state index contributed by atoms with van der Waals surface area (Å²) in [5, 5.41) is 8.31. The molecule has 0 spiro atoms. The number of nitrogens with zero attached hydrogens (tertiary/aromatic N) is 3. The largest absolute Gasteiger partial charge is 0.262 e. The minimum Gasteiger partial charge on any atom is -0.262 e. The molecule has 13 heavy (non-hydrogen) atoms. The van der Waals surface area contributed by atoms with Crippen LogP contribution >= 0.6 is 11.6 Å². The van der Waals surface area contributed by atoms with Crippen LogP contribution in [0, 0.1) is 0 Å². The summed E-state index contributed by atoms with van der Waals surface area (Å²) in [4.78, 5) is 3.96. The van der Waals surface area contributed by atoms with E-state index in [1.165, 1.54) is 0 Å². The highest BCUT2D eigenvalue weighted by Crippen LogP contribution is 2.17. The topological polar surface area (TPSA) is 38.7 Å². The number of hydrogen-bond acceptors (Lipinski definition) is 3. The lowest BCUT2D eigenvalue weighted by Crippen LogP contribution is -1.86. The van der Waals surface area contributed by atoms with E-state index in [2.05, 4.69) is 15.2 Å². The molecule has 0 amide bonds. The minimum absolute atomic E-state index is 0.600. The normalized spacial score (nSPS) is 9.92. The Morgan fingerprint density at radius 2 is 2.15 bits per heavy atom. The minimum atomic E-state index is 0.600. The van der Waals surface area contributed by atoms with Crippen LogP contribution in [0.15, 0.2) is 36.8 Å². The van der Waals surface area contributed by atoms with Crippen LogP contribution in [-0.4, -0.2) is 15.2 Å². The maximum atomic E-state index is 5.78. The van der Waals surface area contributed by atoms with Crippen molar-refractivity contribution in [3.8, 4) is 11.3 Å². The van der Waals surface area contributed by atoms with E-state index < -0.39 is 0 Å². The van der Waals surface area contributed by atoms with E-state index in [1.54, 1.807) is 24.7 Å². The maximum Gasteiger partial charge on any atom is 0.0945 e. The van der Waals surface area contributed by atoms with Crippen LogP contribution in [0.3, 0.4) is 0 Å². The van der Waals surface area contributed by atoms with Crippen molar-refractivity contribution in [1.82, 2.24) is 15.2 Å². The van der Waals surface area contributed by atoms with Crippen LogP contribution in [0.2, 0.25) is 5.02 Å². The van der Waals surface area contributed by atoms with Crippen LogP contribution in [-0.2, 0) is 0 Å². The van der Waals surface area contributed by atoms with Crippen molar-refractivity contribution in [2.24, 2.45) is 0 Å². The predicted molar refractivity (Wildman–Crippen MR) is 50.3 cm³/mol. The van der Waals surface area contributed by atoms with Crippen molar-refractivity contribution >= 4 is 11.6 Å². The Bertz CT molecular complexity index is 403. The van der Waals surface area contributed by atoms with E-state index in [4.69, 9.17) is 11.6 Å². The molecule has 64 valence electrons. The molecule has 4 heteroatoms. The molecule has 0 aliphatic carbocycles. The van der Waals surface area contributed by atoms with E-state index in [0.29, 0.717) is 5.02 Å². The fourth-order valence-electron chi connectivity index (χ4n) is 1.01. The molecule has 2 aromatic rings. The van der Waals surface area contributed by atoms with Crippen LogP contribution in [0.1, 0.15) is 0 Å². The van der Waals surface area contributed by atoms with Crippen molar-refractivity contribution in [3.63, 3.8) is 0 Å². The zero-order valence-corrected chi connectivity index (χ0v) is 7.44. The van der Waals surface area contributed by atoms with Gasteiger partial charge in [0.15, 0.2) is 0 Å². The first-order valence-electron chi connectivity index (χ1n) is 3.75. The Kier molecular flexibility index (Phi) is 2.19. The Morgan fingerprint density at radius 3 is 2.85 bits per heavy atom. The molecule has 0 fully saturated rings. The third kappa shape index (κ3) is 1.81. The zero-order chi connectivity index (χ0) is 9.10. The Hall–Kier alpha value is -1.48. The van der Waals surface area contributed by atoms with E-state index >= 15 is 0 Å². The van der Waals surface area contributed by atoms with E-state index in [-0.39, 0.29) is 0 Å². The van der Waals surface area contributed by atoms with Gasteiger partial charge in [-0.15, -0.1) is 0 Å². The molecule has 2 heterocycles. The van der Waals surface area contributed by atoms with Gasteiger partial charge < -0.3 is 0 Å². The lowest BCUT2D eigenvalue weighted by Gasteiger charge is -1.97. The summed E-state index contributed by atoms with van der Waals surface area (Å²) in [6.07, 6.45) is 4.92. The fourth-order valence-corrected chi connectivity index (χ4v) is 1.18. The van der Waals surface area contributed by atoms with Crippen LogP contribution in [0.25, 0.3) is 11.3 Å². The fraction of sp³-hybridized carbons (Fsp3) is 0. The second-order valence-electron chi connectivity index (χ2n) is 2.50. The molecule has 0 aliphatic rings. The Balaban J connectivity index is 2.48. The monoisotopic (exact) mass is 191 g/mol. The summed E-state index contributed by atoms with van der Waals surface area (Å²) in [7, 11) is 0. The highest BCUT2D eigenvalue weighted by molar-refractivity contribution is 6.30. The van der Waals surface area contributed by atoms with Gasteiger partial charge in [0.1, 0.15) is 0 Å². The summed E-state index contributed by atoms with van der Waals surface area (Å²) in [5.74, 6) is 0.